The largest absolute Gasteiger partial charge is 0.343 e. The van der Waals surface area contributed by atoms with Crippen molar-refractivity contribution in [3.05, 3.63) is 22.7 Å². The van der Waals surface area contributed by atoms with E-state index in [-0.39, 0.29) is 5.91 Å². The molecule has 0 aromatic carbocycles. The van der Waals surface area contributed by atoms with Gasteiger partial charge in [-0.3, -0.25) is 4.79 Å². The minimum Gasteiger partial charge on any atom is -0.343 e. The van der Waals surface area contributed by atoms with E-state index in [0.717, 1.165) is 31.5 Å². The average molecular weight is 305 g/mol. The zero-order valence-electron chi connectivity index (χ0n) is 12.0. The molecular weight excluding hydrogens is 286 g/mol. The highest BCUT2D eigenvalue weighted by atomic mass is 32.1. The molecule has 2 aromatic rings. The summed E-state index contributed by atoms with van der Waals surface area (Å²) in [5, 5.41) is 7.92. The van der Waals surface area contributed by atoms with Crippen molar-refractivity contribution in [2.45, 2.75) is 38.5 Å². The van der Waals surface area contributed by atoms with Crippen molar-refractivity contribution < 1.29 is 9.32 Å². The molecule has 0 radical (unpaired) electrons. The lowest BCUT2D eigenvalue weighted by Gasteiger charge is -2.19. The molecule has 5 nitrogen and oxygen atoms in total. The van der Waals surface area contributed by atoms with E-state index in [9.17, 15) is 4.79 Å². The van der Waals surface area contributed by atoms with E-state index in [1.807, 2.05) is 21.7 Å². The molecule has 0 bridgehead atoms. The summed E-state index contributed by atoms with van der Waals surface area (Å²) in [4.78, 5) is 18.5. The molecule has 0 saturated carbocycles. The van der Waals surface area contributed by atoms with Crippen molar-refractivity contribution in [3.63, 3.8) is 0 Å². The molecule has 1 aliphatic rings. The van der Waals surface area contributed by atoms with Crippen LogP contribution in [0.1, 0.15) is 38.0 Å². The van der Waals surface area contributed by atoms with Crippen LogP contribution in [0.4, 0.5) is 0 Å². The van der Waals surface area contributed by atoms with Crippen molar-refractivity contribution in [1.82, 2.24) is 15.0 Å². The maximum Gasteiger partial charge on any atom is 0.227 e. The second-order valence-corrected chi connectivity index (χ2v) is 6.10. The molecule has 3 rings (SSSR count). The van der Waals surface area contributed by atoms with Gasteiger partial charge < -0.3 is 9.42 Å². The molecule has 21 heavy (non-hydrogen) atoms. The third-order valence-corrected chi connectivity index (χ3v) is 4.44. The summed E-state index contributed by atoms with van der Waals surface area (Å²) in [6.07, 6.45) is 5.68. The summed E-state index contributed by atoms with van der Waals surface area (Å²) in [7, 11) is 0. The lowest BCUT2D eigenvalue weighted by atomic mass is 10.2. The lowest BCUT2D eigenvalue weighted by molar-refractivity contribution is -0.131. The van der Waals surface area contributed by atoms with E-state index in [4.69, 9.17) is 4.52 Å². The number of hydrogen-bond donors (Lipinski definition) is 0. The van der Waals surface area contributed by atoms with Crippen molar-refractivity contribution in [1.29, 1.82) is 0 Å². The Bertz CT molecular complexity index is 572. The first kappa shape index (κ1) is 14.3. The Balaban J connectivity index is 1.54. The number of rotatable bonds is 4. The SMILES string of the molecule is O=C(CCc1nc(-c2ccsc2)no1)N1CCCCCC1. The molecule has 1 aliphatic heterocycles. The molecule has 0 spiro atoms. The zero-order chi connectivity index (χ0) is 14.5. The van der Waals surface area contributed by atoms with E-state index >= 15 is 0 Å². The monoisotopic (exact) mass is 305 g/mol. The van der Waals surface area contributed by atoms with Crippen molar-refractivity contribution in [3.8, 4) is 11.4 Å². The quantitative estimate of drug-likeness (QED) is 0.870. The maximum atomic E-state index is 12.2. The third-order valence-electron chi connectivity index (χ3n) is 3.76. The Morgan fingerprint density at radius 1 is 1.29 bits per heavy atom. The first-order valence-electron chi connectivity index (χ1n) is 7.46. The predicted octanol–water partition coefficient (Wildman–Crippen LogP) is 3.13. The lowest BCUT2D eigenvalue weighted by Crippen LogP contribution is -2.31. The van der Waals surface area contributed by atoms with Gasteiger partial charge in [-0.05, 0) is 24.3 Å². The topological polar surface area (TPSA) is 59.2 Å². The van der Waals surface area contributed by atoms with E-state index in [1.54, 1.807) is 11.3 Å². The molecule has 0 atom stereocenters. The molecule has 6 heteroatoms. The van der Waals surface area contributed by atoms with Crippen LogP contribution in [0.5, 0.6) is 0 Å². The molecular formula is C15H19N3O2S. The molecule has 0 unspecified atom stereocenters. The van der Waals surface area contributed by atoms with E-state index in [0.29, 0.717) is 24.6 Å². The fourth-order valence-corrected chi connectivity index (χ4v) is 3.19. The normalized spacial score (nSPS) is 15.9. The highest BCUT2D eigenvalue weighted by molar-refractivity contribution is 7.08. The van der Waals surface area contributed by atoms with Crippen molar-refractivity contribution in [2.75, 3.05) is 13.1 Å². The van der Waals surface area contributed by atoms with Crippen LogP contribution in [-0.4, -0.2) is 34.0 Å². The molecule has 1 amide bonds. The highest BCUT2D eigenvalue weighted by Gasteiger charge is 2.17. The molecule has 112 valence electrons. The number of aryl methyl sites for hydroxylation is 1. The Morgan fingerprint density at radius 3 is 2.81 bits per heavy atom. The van der Waals surface area contributed by atoms with Crippen LogP contribution in [0.25, 0.3) is 11.4 Å². The fraction of sp³-hybridized carbons (Fsp3) is 0.533. The van der Waals surface area contributed by atoms with Gasteiger partial charge in [0, 0.05) is 36.9 Å². The van der Waals surface area contributed by atoms with Crippen LogP contribution >= 0.6 is 11.3 Å². The van der Waals surface area contributed by atoms with E-state index in [1.165, 1.54) is 12.8 Å². The Hall–Kier alpha value is -1.69. The number of nitrogens with zero attached hydrogens (tertiary/aromatic N) is 3. The number of likely N-dealkylation sites (tertiary alicyclic amines) is 1. The Labute approximate surface area is 128 Å². The van der Waals surface area contributed by atoms with E-state index < -0.39 is 0 Å². The molecule has 2 aromatic heterocycles. The Morgan fingerprint density at radius 2 is 2.10 bits per heavy atom. The number of thiophene rings is 1. The van der Waals surface area contributed by atoms with Gasteiger partial charge in [0.1, 0.15) is 0 Å². The standard InChI is InChI=1S/C15H19N3O2S/c19-14(18-8-3-1-2-4-9-18)6-5-13-16-15(17-20-13)12-7-10-21-11-12/h7,10-11H,1-6,8-9H2. The first-order valence-corrected chi connectivity index (χ1v) is 8.40. The summed E-state index contributed by atoms with van der Waals surface area (Å²) >= 11 is 1.60. The summed E-state index contributed by atoms with van der Waals surface area (Å²) in [5.74, 6) is 1.35. The molecule has 0 aliphatic carbocycles. The van der Waals surface area contributed by atoms with Gasteiger partial charge in [-0.2, -0.15) is 16.3 Å². The maximum absolute atomic E-state index is 12.2. The summed E-state index contributed by atoms with van der Waals surface area (Å²) in [5.41, 5.74) is 0.967. The van der Waals surface area contributed by atoms with Crippen LogP contribution in [0.15, 0.2) is 21.3 Å². The molecule has 3 heterocycles. The van der Waals surface area contributed by atoms with E-state index in [2.05, 4.69) is 10.1 Å². The van der Waals surface area contributed by atoms with Gasteiger partial charge in [-0.25, -0.2) is 0 Å². The number of amides is 1. The minimum atomic E-state index is 0.201. The number of hydrogen-bond acceptors (Lipinski definition) is 5. The van der Waals surface area contributed by atoms with Crippen LogP contribution < -0.4 is 0 Å². The molecule has 0 N–H and O–H groups in total. The van der Waals surface area contributed by atoms with Crippen LogP contribution in [0.3, 0.4) is 0 Å². The van der Waals surface area contributed by atoms with Crippen LogP contribution in [0.2, 0.25) is 0 Å². The summed E-state index contributed by atoms with van der Waals surface area (Å²) in [6, 6.07) is 1.96. The van der Waals surface area contributed by atoms with Gasteiger partial charge in [0.25, 0.3) is 0 Å². The number of aromatic nitrogens is 2. The van der Waals surface area contributed by atoms with Crippen molar-refractivity contribution in [2.24, 2.45) is 0 Å². The molecule has 1 saturated heterocycles. The van der Waals surface area contributed by atoms with Crippen molar-refractivity contribution >= 4 is 17.2 Å². The van der Waals surface area contributed by atoms with Crippen LogP contribution in [-0.2, 0) is 11.2 Å². The number of carbonyl (C=O) groups excluding carboxylic acids is 1. The van der Waals surface area contributed by atoms with Gasteiger partial charge in [-0.15, -0.1) is 0 Å². The smallest absolute Gasteiger partial charge is 0.227 e. The number of carbonyl (C=O) groups is 1. The average Bonchev–Trinajstić information content (AvgIpc) is 3.11. The highest BCUT2D eigenvalue weighted by Crippen LogP contribution is 2.19. The van der Waals surface area contributed by atoms with Gasteiger partial charge in [0.05, 0.1) is 0 Å². The van der Waals surface area contributed by atoms with Gasteiger partial charge in [0.15, 0.2) is 0 Å². The van der Waals surface area contributed by atoms with Gasteiger partial charge in [-0.1, -0.05) is 18.0 Å². The summed E-state index contributed by atoms with van der Waals surface area (Å²) < 4.78 is 5.22. The third kappa shape index (κ3) is 3.69. The fourth-order valence-electron chi connectivity index (χ4n) is 2.56. The zero-order valence-corrected chi connectivity index (χ0v) is 12.8. The predicted molar refractivity (Wildman–Crippen MR) is 81.0 cm³/mol. The summed E-state index contributed by atoms with van der Waals surface area (Å²) in [6.45, 7) is 1.78. The first-order chi connectivity index (χ1) is 10.3. The van der Waals surface area contributed by atoms with Gasteiger partial charge >= 0.3 is 0 Å². The second-order valence-electron chi connectivity index (χ2n) is 5.32. The Kier molecular flexibility index (Phi) is 4.65. The van der Waals surface area contributed by atoms with Gasteiger partial charge in [0.2, 0.25) is 17.6 Å². The second kappa shape index (κ2) is 6.85. The minimum absolute atomic E-state index is 0.201. The molecule has 1 fully saturated rings. The van der Waals surface area contributed by atoms with Crippen LogP contribution in [0, 0.1) is 0 Å².